The van der Waals surface area contributed by atoms with Gasteiger partial charge in [0.15, 0.2) is 0 Å². The van der Waals surface area contributed by atoms with Crippen LogP contribution in [0, 0.1) is 0 Å². The Morgan fingerprint density at radius 3 is 1.12 bits per heavy atom. The van der Waals surface area contributed by atoms with Gasteiger partial charge in [0.25, 0.3) is 0 Å². The fourth-order valence-electron chi connectivity index (χ4n) is 9.90. The van der Waals surface area contributed by atoms with Gasteiger partial charge < -0.3 is 19.8 Å². The van der Waals surface area contributed by atoms with E-state index in [2.05, 4.69) is 43.5 Å². The third kappa shape index (κ3) is 58.5. The zero-order valence-corrected chi connectivity index (χ0v) is 50.5. The van der Waals surface area contributed by atoms with E-state index >= 15 is 0 Å². The average molecular weight is 1050 g/mol. The molecule has 8 nitrogen and oxygen atoms in total. The van der Waals surface area contributed by atoms with Gasteiger partial charge >= 0.3 is 7.82 Å². The van der Waals surface area contributed by atoms with Crippen LogP contribution in [0.5, 0.6) is 0 Å². The molecular weight excluding hydrogens is 924 g/mol. The maximum atomic E-state index is 13.0. The third-order valence-corrected chi connectivity index (χ3v) is 15.9. The van der Waals surface area contributed by atoms with Crippen LogP contribution in [0.2, 0.25) is 0 Å². The van der Waals surface area contributed by atoms with E-state index in [1.165, 1.54) is 257 Å². The molecule has 0 rings (SSSR count). The van der Waals surface area contributed by atoms with E-state index in [1.54, 1.807) is 0 Å². The van der Waals surface area contributed by atoms with Crippen molar-refractivity contribution in [2.24, 2.45) is 0 Å². The molecule has 0 aliphatic heterocycles. The van der Waals surface area contributed by atoms with Crippen LogP contribution in [0.3, 0.4) is 0 Å². The van der Waals surface area contributed by atoms with E-state index in [1.807, 2.05) is 21.1 Å². The van der Waals surface area contributed by atoms with E-state index in [0.717, 1.165) is 44.9 Å². The molecule has 0 saturated carbocycles. The predicted octanol–water partition coefficient (Wildman–Crippen LogP) is 19.9. The van der Waals surface area contributed by atoms with Crippen molar-refractivity contribution in [3.05, 3.63) is 24.3 Å². The quantitative estimate of drug-likeness (QED) is 0.0243. The van der Waals surface area contributed by atoms with Crippen molar-refractivity contribution in [1.29, 1.82) is 0 Å². The first-order chi connectivity index (χ1) is 35.5. The molecule has 0 heterocycles. The molecule has 1 amide bonds. The summed E-state index contributed by atoms with van der Waals surface area (Å²) in [6.45, 7) is 4.92. The number of aliphatic hydroxyl groups excluding tert-OH is 1. The number of amides is 1. The van der Waals surface area contributed by atoms with E-state index < -0.39 is 20.0 Å². The van der Waals surface area contributed by atoms with Crippen LogP contribution in [0.4, 0.5) is 0 Å². The van der Waals surface area contributed by atoms with Gasteiger partial charge in [-0.3, -0.25) is 13.8 Å². The Labute approximate surface area is 455 Å². The molecule has 0 saturated heterocycles. The number of hydrogen-bond acceptors (Lipinski definition) is 5. The molecule has 0 aromatic carbocycles. The van der Waals surface area contributed by atoms with Crippen molar-refractivity contribution in [3.8, 4) is 0 Å². The topological polar surface area (TPSA) is 105 Å². The predicted molar refractivity (Wildman–Crippen MR) is 318 cm³/mol. The minimum Gasteiger partial charge on any atom is -0.391 e. The maximum Gasteiger partial charge on any atom is 0.472 e. The molecule has 0 radical (unpaired) electrons. The number of carbonyl (C=O) groups excluding carboxylic acids is 1. The number of nitrogens with zero attached hydrogens (tertiary/aromatic N) is 1. The lowest BCUT2D eigenvalue weighted by Crippen LogP contribution is -2.46. The van der Waals surface area contributed by atoms with Gasteiger partial charge in [-0.15, -0.1) is 0 Å². The van der Waals surface area contributed by atoms with Gasteiger partial charge in [-0.25, -0.2) is 4.57 Å². The van der Waals surface area contributed by atoms with Crippen LogP contribution in [-0.4, -0.2) is 73.4 Å². The highest BCUT2D eigenvalue weighted by molar-refractivity contribution is 7.47. The van der Waals surface area contributed by atoms with Crippen LogP contribution < -0.4 is 5.32 Å². The minimum atomic E-state index is -4.32. The van der Waals surface area contributed by atoms with Crippen molar-refractivity contribution in [1.82, 2.24) is 5.32 Å². The largest absolute Gasteiger partial charge is 0.472 e. The summed E-state index contributed by atoms with van der Waals surface area (Å²) in [4.78, 5) is 23.4. The van der Waals surface area contributed by atoms with Gasteiger partial charge in [-0.05, 0) is 44.9 Å². The monoisotopic (exact) mass is 1050 g/mol. The first-order valence-corrected chi connectivity index (χ1v) is 33.7. The van der Waals surface area contributed by atoms with Crippen LogP contribution in [0.25, 0.3) is 0 Å². The molecule has 0 aromatic rings. The van der Waals surface area contributed by atoms with Gasteiger partial charge in [0, 0.05) is 6.42 Å². The van der Waals surface area contributed by atoms with E-state index in [0.29, 0.717) is 23.9 Å². The van der Waals surface area contributed by atoms with Crippen molar-refractivity contribution in [3.63, 3.8) is 0 Å². The van der Waals surface area contributed by atoms with Gasteiger partial charge in [-0.1, -0.05) is 301 Å². The number of likely N-dealkylation sites (N-methyl/N-ethyl adjacent to an activating group) is 1. The zero-order valence-electron chi connectivity index (χ0n) is 49.7. The zero-order chi connectivity index (χ0) is 53.5. The second-order valence-corrected chi connectivity index (χ2v) is 25.0. The minimum absolute atomic E-state index is 0.0776. The first kappa shape index (κ1) is 72.0. The summed E-state index contributed by atoms with van der Waals surface area (Å²) < 4.78 is 23.8. The Bertz CT molecular complexity index is 1240. The van der Waals surface area contributed by atoms with Crippen molar-refractivity contribution in [2.75, 3.05) is 40.9 Å². The molecular formula is C64H128N2O6P+. The summed E-state index contributed by atoms with van der Waals surface area (Å²) in [5.74, 6) is -0.137. The molecule has 0 fully saturated rings. The van der Waals surface area contributed by atoms with Crippen LogP contribution in [0.15, 0.2) is 24.3 Å². The fraction of sp³-hybridized carbons (Fsp3) is 0.922. The SMILES string of the molecule is CCCCCCC/C=C\C/C=C\CCCCCCCCCCCCCCCCCCCCCCCCCC(=O)NC(COP(=O)(O)OCC[N+](C)(C)C)C(O)CCCCCCCCCCCCCCCCCC. The van der Waals surface area contributed by atoms with Crippen molar-refractivity contribution < 1.29 is 32.9 Å². The number of rotatable bonds is 60. The number of nitrogens with one attached hydrogen (secondary N) is 1. The summed E-state index contributed by atoms with van der Waals surface area (Å²) in [6.07, 6.45) is 71.2. The molecule has 3 atom stereocenters. The number of quaternary nitrogens is 1. The van der Waals surface area contributed by atoms with Crippen LogP contribution >= 0.6 is 7.82 Å². The Kier molecular flexibility index (Phi) is 54.9. The average Bonchev–Trinajstić information content (AvgIpc) is 3.35. The standard InChI is InChI=1S/C64H127N2O6P/c1-6-8-10-12-14-16-18-20-22-24-25-26-27-28-29-30-31-32-33-34-35-36-37-38-39-40-41-42-44-46-48-50-52-54-56-58-64(68)65-62(61-72-73(69,70)71-60-59-66(3,4)5)63(67)57-55-53-51-49-47-45-43-23-21-19-17-15-13-11-9-7-2/h18,20,24-25,62-63,67H,6-17,19,21-23,26-61H2,1-5H3,(H-,65,68,69,70)/p+1/b20-18-,25-24-. The highest BCUT2D eigenvalue weighted by Crippen LogP contribution is 2.43. The van der Waals surface area contributed by atoms with Crippen molar-refractivity contribution in [2.45, 2.75) is 341 Å². The maximum absolute atomic E-state index is 13.0. The van der Waals surface area contributed by atoms with Gasteiger partial charge in [0.2, 0.25) is 5.91 Å². The van der Waals surface area contributed by atoms with E-state index in [9.17, 15) is 19.4 Å². The number of hydrogen-bond donors (Lipinski definition) is 3. The summed E-state index contributed by atoms with van der Waals surface area (Å²) in [6, 6.07) is -0.757. The number of allylic oxidation sites excluding steroid dienone is 4. The molecule has 0 spiro atoms. The van der Waals surface area contributed by atoms with Gasteiger partial charge in [-0.2, -0.15) is 0 Å². The molecule has 3 unspecified atom stereocenters. The Morgan fingerprint density at radius 2 is 0.781 bits per heavy atom. The van der Waals surface area contributed by atoms with Crippen LogP contribution in [-0.2, 0) is 18.4 Å². The Morgan fingerprint density at radius 1 is 0.466 bits per heavy atom. The van der Waals surface area contributed by atoms with Gasteiger partial charge in [0.05, 0.1) is 39.9 Å². The summed E-state index contributed by atoms with van der Waals surface area (Å²) in [5.41, 5.74) is 0. The van der Waals surface area contributed by atoms with Gasteiger partial charge in [0.1, 0.15) is 13.2 Å². The fourth-order valence-corrected chi connectivity index (χ4v) is 10.6. The third-order valence-electron chi connectivity index (χ3n) is 15.0. The van der Waals surface area contributed by atoms with Crippen LogP contribution in [0.1, 0.15) is 328 Å². The smallest absolute Gasteiger partial charge is 0.391 e. The normalized spacial score (nSPS) is 13.9. The molecule has 9 heteroatoms. The first-order valence-electron chi connectivity index (χ1n) is 32.2. The number of unbranched alkanes of at least 4 members (excludes halogenated alkanes) is 43. The number of phosphoric acid groups is 1. The highest BCUT2D eigenvalue weighted by Gasteiger charge is 2.28. The lowest BCUT2D eigenvalue weighted by Gasteiger charge is -2.26. The summed E-state index contributed by atoms with van der Waals surface area (Å²) >= 11 is 0. The molecule has 0 bridgehead atoms. The molecule has 0 aliphatic carbocycles. The number of aliphatic hydroxyl groups is 1. The molecule has 73 heavy (non-hydrogen) atoms. The summed E-state index contributed by atoms with van der Waals surface area (Å²) in [5, 5.41) is 14.1. The molecule has 0 aromatic heterocycles. The molecule has 0 aliphatic rings. The summed E-state index contributed by atoms with van der Waals surface area (Å²) in [7, 11) is 1.63. The Hall–Kier alpha value is -1.02. The second kappa shape index (κ2) is 55.7. The van der Waals surface area contributed by atoms with E-state index in [4.69, 9.17) is 9.05 Å². The number of carbonyl (C=O) groups is 1. The lowest BCUT2D eigenvalue weighted by molar-refractivity contribution is -0.870. The lowest BCUT2D eigenvalue weighted by atomic mass is 10.0. The second-order valence-electron chi connectivity index (χ2n) is 23.5. The highest BCUT2D eigenvalue weighted by atomic mass is 31.2. The number of phosphoric ester groups is 1. The van der Waals surface area contributed by atoms with E-state index in [-0.39, 0.29) is 19.1 Å². The molecule has 434 valence electrons. The van der Waals surface area contributed by atoms with Crippen molar-refractivity contribution >= 4 is 13.7 Å². The Balaban J connectivity index is 3.93. The molecule has 3 N–H and O–H groups in total.